The van der Waals surface area contributed by atoms with E-state index in [4.69, 9.17) is 0 Å². The van der Waals surface area contributed by atoms with Crippen LogP contribution in [0.5, 0.6) is 0 Å². The summed E-state index contributed by atoms with van der Waals surface area (Å²) in [6.45, 7) is 8.35. The molecule has 100 valence electrons. The molecule has 0 radical (unpaired) electrons. The summed E-state index contributed by atoms with van der Waals surface area (Å²) in [6.07, 6.45) is 1.33. The lowest BCUT2D eigenvalue weighted by molar-refractivity contribution is -0.392. The van der Waals surface area contributed by atoms with Crippen molar-refractivity contribution in [2.75, 3.05) is 26.2 Å². The molecule has 1 aromatic rings. The number of imidazole rings is 1. The third kappa shape index (κ3) is 2.68. The predicted octanol–water partition coefficient (Wildman–Crippen LogP) is 0.393. The second kappa shape index (κ2) is 5.45. The molecule has 0 saturated carbocycles. The van der Waals surface area contributed by atoms with Crippen LogP contribution in [0.25, 0.3) is 0 Å². The smallest absolute Gasteiger partial charge is 0.342 e. The second-order valence-corrected chi connectivity index (χ2v) is 4.66. The Bertz CT molecular complexity index is 431. The summed E-state index contributed by atoms with van der Waals surface area (Å²) in [5.74, 6) is 0.778. The van der Waals surface area contributed by atoms with Gasteiger partial charge in [-0.2, -0.15) is 0 Å². The molecule has 1 saturated heterocycles. The van der Waals surface area contributed by atoms with Crippen LogP contribution < -0.4 is 5.32 Å². The molecule has 1 fully saturated rings. The standard InChI is InChI=1S/C11H19N5O2/c1-9-7-12-3-4-14(9)5-6-15-10(2)13-8-11(15)16(17)18/h8-9,12H,3-7H2,1-2H3/t9-/m0/s1. The minimum Gasteiger partial charge on any atom is -0.358 e. The van der Waals surface area contributed by atoms with Crippen molar-refractivity contribution in [1.82, 2.24) is 19.8 Å². The van der Waals surface area contributed by atoms with Crippen molar-refractivity contribution in [2.45, 2.75) is 26.4 Å². The summed E-state index contributed by atoms with van der Waals surface area (Å²) in [6, 6.07) is 0.474. The molecule has 7 nitrogen and oxygen atoms in total. The zero-order chi connectivity index (χ0) is 13.1. The van der Waals surface area contributed by atoms with Crippen LogP contribution in [0, 0.1) is 17.0 Å². The molecular formula is C11H19N5O2. The van der Waals surface area contributed by atoms with Gasteiger partial charge >= 0.3 is 5.82 Å². The molecule has 1 aromatic heterocycles. The van der Waals surface area contributed by atoms with Gasteiger partial charge in [0.05, 0.1) is 0 Å². The van der Waals surface area contributed by atoms with E-state index >= 15 is 0 Å². The normalized spacial score (nSPS) is 21.1. The number of piperazine rings is 1. The Labute approximate surface area is 106 Å². The highest BCUT2D eigenvalue weighted by atomic mass is 16.6. The van der Waals surface area contributed by atoms with Gasteiger partial charge in [-0.3, -0.25) is 4.90 Å². The van der Waals surface area contributed by atoms with Gasteiger partial charge in [-0.1, -0.05) is 0 Å². The van der Waals surface area contributed by atoms with Gasteiger partial charge in [0, 0.05) is 39.1 Å². The van der Waals surface area contributed by atoms with Crippen LogP contribution in [-0.2, 0) is 6.54 Å². The zero-order valence-electron chi connectivity index (χ0n) is 10.8. The molecule has 1 atom stereocenters. The summed E-state index contributed by atoms with van der Waals surface area (Å²) >= 11 is 0. The van der Waals surface area contributed by atoms with Gasteiger partial charge in [-0.15, -0.1) is 0 Å². The molecule has 1 aliphatic rings. The summed E-state index contributed by atoms with van der Waals surface area (Å²) in [5, 5.41) is 14.2. The predicted molar refractivity (Wildman–Crippen MR) is 67.5 cm³/mol. The van der Waals surface area contributed by atoms with E-state index in [1.165, 1.54) is 6.20 Å². The first-order chi connectivity index (χ1) is 8.59. The summed E-state index contributed by atoms with van der Waals surface area (Å²) in [4.78, 5) is 16.9. The number of nitro groups is 1. The fraction of sp³-hybridized carbons (Fsp3) is 0.727. The van der Waals surface area contributed by atoms with E-state index in [9.17, 15) is 10.1 Å². The van der Waals surface area contributed by atoms with Crippen LogP contribution in [0.3, 0.4) is 0 Å². The highest BCUT2D eigenvalue weighted by Gasteiger charge is 2.21. The summed E-state index contributed by atoms with van der Waals surface area (Å²) in [5.41, 5.74) is 0. The van der Waals surface area contributed by atoms with E-state index in [2.05, 4.69) is 22.1 Å². The minimum atomic E-state index is -0.374. The van der Waals surface area contributed by atoms with E-state index < -0.39 is 0 Å². The molecule has 0 aliphatic carbocycles. The third-order valence-corrected chi connectivity index (χ3v) is 3.47. The highest BCUT2D eigenvalue weighted by molar-refractivity contribution is 5.18. The van der Waals surface area contributed by atoms with Crippen LogP contribution in [0.4, 0.5) is 5.82 Å². The van der Waals surface area contributed by atoms with E-state index in [1.807, 2.05) is 0 Å². The lowest BCUT2D eigenvalue weighted by Crippen LogP contribution is -2.50. The van der Waals surface area contributed by atoms with Crippen LogP contribution in [-0.4, -0.2) is 51.6 Å². The van der Waals surface area contributed by atoms with Crippen molar-refractivity contribution in [1.29, 1.82) is 0 Å². The lowest BCUT2D eigenvalue weighted by Gasteiger charge is -2.33. The van der Waals surface area contributed by atoms with Crippen molar-refractivity contribution >= 4 is 5.82 Å². The van der Waals surface area contributed by atoms with Crippen molar-refractivity contribution in [3.63, 3.8) is 0 Å². The molecular weight excluding hydrogens is 234 g/mol. The van der Waals surface area contributed by atoms with Gasteiger partial charge in [0.25, 0.3) is 0 Å². The quantitative estimate of drug-likeness (QED) is 0.620. The Hall–Kier alpha value is -1.47. The third-order valence-electron chi connectivity index (χ3n) is 3.47. The Morgan fingerprint density at radius 3 is 3.06 bits per heavy atom. The topological polar surface area (TPSA) is 76.2 Å². The Morgan fingerprint density at radius 1 is 1.61 bits per heavy atom. The van der Waals surface area contributed by atoms with Gasteiger partial charge in [-0.25, -0.2) is 9.55 Å². The molecule has 1 N–H and O–H groups in total. The first-order valence-corrected chi connectivity index (χ1v) is 6.21. The van der Waals surface area contributed by atoms with Crippen LogP contribution in [0.2, 0.25) is 0 Å². The molecule has 2 heterocycles. The second-order valence-electron chi connectivity index (χ2n) is 4.66. The SMILES string of the molecule is Cc1ncc([N+](=O)[O-])n1CCN1CCNC[C@@H]1C. The fourth-order valence-corrected chi connectivity index (χ4v) is 2.32. The van der Waals surface area contributed by atoms with Gasteiger partial charge in [-0.05, 0) is 11.8 Å². The molecule has 1 aliphatic heterocycles. The number of hydrogen-bond acceptors (Lipinski definition) is 5. The van der Waals surface area contributed by atoms with Crippen LogP contribution in [0.15, 0.2) is 6.20 Å². The number of aryl methyl sites for hydroxylation is 1. The minimum absolute atomic E-state index is 0.0790. The van der Waals surface area contributed by atoms with Crippen molar-refractivity contribution < 1.29 is 4.92 Å². The lowest BCUT2D eigenvalue weighted by atomic mass is 10.2. The Balaban J connectivity index is 2.01. The highest BCUT2D eigenvalue weighted by Crippen LogP contribution is 2.14. The van der Waals surface area contributed by atoms with Gasteiger partial charge in [0.15, 0.2) is 5.82 Å². The number of nitrogens with zero attached hydrogens (tertiary/aromatic N) is 4. The maximum atomic E-state index is 10.9. The molecule has 0 aromatic carbocycles. The van der Waals surface area contributed by atoms with Gasteiger partial charge in [0.1, 0.15) is 12.7 Å². The number of nitrogens with one attached hydrogen (secondary N) is 1. The van der Waals surface area contributed by atoms with Crippen LogP contribution in [0.1, 0.15) is 12.7 Å². The summed E-state index contributed by atoms with van der Waals surface area (Å²) in [7, 11) is 0. The molecule has 7 heteroatoms. The Morgan fingerprint density at radius 2 is 2.39 bits per heavy atom. The molecule has 0 unspecified atom stereocenters. The summed E-state index contributed by atoms with van der Waals surface area (Å²) < 4.78 is 1.68. The van der Waals surface area contributed by atoms with Crippen LogP contribution >= 0.6 is 0 Å². The Kier molecular flexibility index (Phi) is 3.93. The average molecular weight is 253 g/mol. The van der Waals surface area contributed by atoms with E-state index in [1.54, 1.807) is 11.5 Å². The maximum Gasteiger partial charge on any atom is 0.342 e. The van der Waals surface area contributed by atoms with Crippen molar-refractivity contribution in [2.24, 2.45) is 0 Å². The van der Waals surface area contributed by atoms with E-state index in [-0.39, 0.29) is 10.7 Å². The van der Waals surface area contributed by atoms with E-state index in [0.717, 1.165) is 26.2 Å². The first-order valence-electron chi connectivity index (χ1n) is 6.21. The number of rotatable bonds is 4. The number of aromatic nitrogens is 2. The molecule has 0 bridgehead atoms. The molecule has 2 rings (SSSR count). The van der Waals surface area contributed by atoms with Gasteiger partial charge in [0.2, 0.25) is 0 Å². The molecule has 0 spiro atoms. The average Bonchev–Trinajstić information content (AvgIpc) is 2.70. The number of hydrogen-bond donors (Lipinski definition) is 1. The zero-order valence-corrected chi connectivity index (χ0v) is 10.8. The monoisotopic (exact) mass is 253 g/mol. The van der Waals surface area contributed by atoms with E-state index in [0.29, 0.717) is 18.4 Å². The fourth-order valence-electron chi connectivity index (χ4n) is 2.32. The molecule has 18 heavy (non-hydrogen) atoms. The first kappa shape index (κ1) is 13.0. The van der Waals surface area contributed by atoms with Gasteiger partial charge < -0.3 is 15.4 Å². The van der Waals surface area contributed by atoms with Crippen molar-refractivity contribution in [3.05, 3.63) is 22.1 Å². The largest absolute Gasteiger partial charge is 0.358 e. The molecule has 0 amide bonds. The maximum absolute atomic E-state index is 10.9. The van der Waals surface area contributed by atoms with Crippen molar-refractivity contribution in [3.8, 4) is 0 Å².